The van der Waals surface area contributed by atoms with E-state index in [9.17, 15) is 9.90 Å². The molecule has 0 aliphatic carbocycles. The number of allylic oxidation sites excluding steroid dienone is 1. The van der Waals surface area contributed by atoms with Crippen molar-refractivity contribution in [2.24, 2.45) is 0 Å². The first kappa shape index (κ1) is 22.1. The molecule has 2 aromatic rings. The van der Waals surface area contributed by atoms with Crippen molar-refractivity contribution in [1.82, 2.24) is 4.90 Å². The average Bonchev–Trinajstić information content (AvgIpc) is 3.04. The molecule has 1 aliphatic heterocycles. The fraction of sp³-hybridized carbons (Fsp3) is 0.423. The summed E-state index contributed by atoms with van der Waals surface area (Å²) in [6.45, 7) is 10.8. The third-order valence-electron chi connectivity index (χ3n) is 5.63. The zero-order valence-electron chi connectivity index (χ0n) is 18.6. The Balaban J connectivity index is 1.94. The second-order valence-electron chi connectivity index (χ2n) is 8.23. The molecule has 1 aliphatic rings. The monoisotopic (exact) mass is 407 g/mol. The number of carbonyl (C=O) groups excluding carboxylic acids is 1. The van der Waals surface area contributed by atoms with E-state index >= 15 is 0 Å². The van der Waals surface area contributed by atoms with Gasteiger partial charge in [-0.2, -0.15) is 0 Å². The highest BCUT2D eigenvalue weighted by Gasteiger charge is 2.33. The molecule has 0 saturated carbocycles. The highest BCUT2D eigenvalue weighted by Crippen LogP contribution is 2.42. The topological polar surface area (TPSA) is 49.8 Å². The predicted octanol–water partition coefficient (Wildman–Crippen LogP) is 6.03. The van der Waals surface area contributed by atoms with Gasteiger partial charge in [0.15, 0.2) is 5.76 Å². The molecule has 0 spiro atoms. The molecule has 0 saturated heterocycles. The smallest absolute Gasteiger partial charge is 0.232 e. The minimum atomic E-state index is -0.113. The molecule has 1 heterocycles. The number of rotatable bonds is 9. The number of hydrogen-bond donors (Lipinski definition) is 1. The first-order chi connectivity index (χ1) is 14.4. The third kappa shape index (κ3) is 4.93. The second kappa shape index (κ2) is 9.94. The van der Waals surface area contributed by atoms with Crippen molar-refractivity contribution in [3.05, 3.63) is 63.9 Å². The molecule has 3 rings (SSSR count). The molecule has 0 aromatic heterocycles. The molecule has 0 unspecified atom stereocenters. The lowest BCUT2D eigenvalue weighted by Gasteiger charge is -2.23. The van der Waals surface area contributed by atoms with Crippen molar-refractivity contribution in [2.45, 2.75) is 59.9 Å². The maximum atomic E-state index is 13.1. The largest absolute Gasteiger partial charge is 0.507 e. The van der Waals surface area contributed by atoms with Crippen LogP contribution >= 0.6 is 0 Å². The molecule has 30 heavy (non-hydrogen) atoms. The van der Waals surface area contributed by atoms with E-state index in [0.29, 0.717) is 29.2 Å². The summed E-state index contributed by atoms with van der Waals surface area (Å²) >= 11 is 0. The van der Waals surface area contributed by atoms with E-state index in [0.717, 1.165) is 49.9 Å². The normalized spacial score (nSPS) is 14.4. The SMILES string of the molecule is CCCCN(CCCC)Cc1c(O)cc(C)c2c1O/C(=C/c1ccc(C)cc1)C2=O. The maximum absolute atomic E-state index is 13.1. The number of carbonyl (C=O) groups is 1. The number of nitrogens with zero attached hydrogens (tertiary/aromatic N) is 1. The first-order valence-corrected chi connectivity index (χ1v) is 11.0. The summed E-state index contributed by atoms with van der Waals surface area (Å²) in [5.74, 6) is 0.929. The Morgan fingerprint density at radius 1 is 1.03 bits per heavy atom. The van der Waals surface area contributed by atoms with Crippen LogP contribution in [0.5, 0.6) is 11.5 Å². The number of ether oxygens (including phenoxy) is 1. The van der Waals surface area contributed by atoms with E-state index < -0.39 is 0 Å². The number of Topliss-reactive ketones (excluding diaryl/α,β-unsaturated/α-hetero) is 1. The first-order valence-electron chi connectivity index (χ1n) is 11.0. The van der Waals surface area contributed by atoms with E-state index in [2.05, 4.69) is 18.7 Å². The summed E-state index contributed by atoms with van der Waals surface area (Å²) < 4.78 is 6.08. The number of ketones is 1. The Bertz CT molecular complexity index is 920. The third-order valence-corrected chi connectivity index (χ3v) is 5.63. The zero-order chi connectivity index (χ0) is 21.7. The lowest BCUT2D eigenvalue weighted by Crippen LogP contribution is -2.26. The standard InChI is InChI=1S/C26H33NO3/c1-5-7-13-27(14-8-6-2)17-21-22(28)15-19(4)24-25(29)23(30-26(21)24)16-20-11-9-18(3)10-12-20/h9-12,15-16,28H,5-8,13-14,17H2,1-4H3/b23-16+. The van der Waals surface area contributed by atoms with E-state index in [1.807, 2.05) is 38.1 Å². The molecule has 1 N–H and O–H groups in total. The molecule has 4 heteroatoms. The van der Waals surface area contributed by atoms with Crippen molar-refractivity contribution in [3.8, 4) is 11.5 Å². The van der Waals surface area contributed by atoms with Gasteiger partial charge in [0, 0.05) is 6.54 Å². The van der Waals surface area contributed by atoms with Gasteiger partial charge in [-0.25, -0.2) is 0 Å². The van der Waals surface area contributed by atoms with Crippen LogP contribution in [0.15, 0.2) is 36.1 Å². The number of aromatic hydroxyl groups is 1. The Hall–Kier alpha value is -2.59. The average molecular weight is 408 g/mol. The summed E-state index contributed by atoms with van der Waals surface area (Å²) in [6, 6.07) is 9.68. The summed E-state index contributed by atoms with van der Waals surface area (Å²) in [7, 11) is 0. The number of phenolic OH excluding ortho intramolecular Hbond substituents is 1. The Labute approximate surface area is 180 Å². The van der Waals surface area contributed by atoms with E-state index in [1.54, 1.807) is 12.1 Å². The summed E-state index contributed by atoms with van der Waals surface area (Å²) in [6.07, 6.45) is 6.25. The number of unbranched alkanes of at least 4 members (excludes halogenated alkanes) is 2. The van der Waals surface area contributed by atoms with Gasteiger partial charge in [-0.15, -0.1) is 0 Å². The predicted molar refractivity (Wildman–Crippen MR) is 122 cm³/mol. The van der Waals surface area contributed by atoms with Crippen LogP contribution in [0.3, 0.4) is 0 Å². The van der Waals surface area contributed by atoms with Gasteiger partial charge in [0.1, 0.15) is 11.5 Å². The molecule has 0 fully saturated rings. The Kier molecular flexibility index (Phi) is 7.33. The quantitative estimate of drug-likeness (QED) is 0.516. The highest BCUT2D eigenvalue weighted by atomic mass is 16.5. The van der Waals surface area contributed by atoms with Gasteiger partial charge in [0.05, 0.1) is 11.1 Å². The fourth-order valence-corrected chi connectivity index (χ4v) is 3.80. The van der Waals surface area contributed by atoms with Crippen LogP contribution in [0.2, 0.25) is 0 Å². The number of benzene rings is 2. The van der Waals surface area contributed by atoms with Crippen molar-refractivity contribution in [1.29, 1.82) is 0 Å². The van der Waals surface area contributed by atoms with Gasteiger partial charge in [-0.05, 0) is 63.0 Å². The number of phenols is 1. The molecule has 0 atom stereocenters. The van der Waals surface area contributed by atoms with E-state index in [1.165, 1.54) is 5.56 Å². The van der Waals surface area contributed by atoms with Crippen LogP contribution in [0.4, 0.5) is 0 Å². The number of hydrogen-bond acceptors (Lipinski definition) is 4. The second-order valence-corrected chi connectivity index (χ2v) is 8.23. The molecule has 2 aromatic carbocycles. The van der Waals surface area contributed by atoms with Crippen molar-refractivity contribution in [3.63, 3.8) is 0 Å². The van der Waals surface area contributed by atoms with Gasteiger partial charge in [0.2, 0.25) is 5.78 Å². The van der Waals surface area contributed by atoms with E-state index in [-0.39, 0.29) is 11.5 Å². The molecule has 0 bridgehead atoms. The summed E-state index contributed by atoms with van der Waals surface area (Å²) in [4.78, 5) is 15.4. The molecule has 0 amide bonds. The van der Waals surface area contributed by atoms with Crippen LogP contribution in [-0.2, 0) is 6.54 Å². The summed E-state index contributed by atoms with van der Waals surface area (Å²) in [5.41, 5.74) is 4.13. The van der Waals surface area contributed by atoms with Crippen LogP contribution in [0.1, 0.15) is 72.1 Å². The van der Waals surface area contributed by atoms with Gasteiger partial charge < -0.3 is 9.84 Å². The molecular weight excluding hydrogens is 374 g/mol. The maximum Gasteiger partial charge on any atom is 0.232 e. The number of fused-ring (bicyclic) bond motifs is 1. The lowest BCUT2D eigenvalue weighted by molar-refractivity contribution is 0.101. The van der Waals surface area contributed by atoms with Gasteiger partial charge in [0.25, 0.3) is 0 Å². The van der Waals surface area contributed by atoms with Gasteiger partial charge in [-0.1, -0.05) is 56.5 Å². The number of aryl methyl sites for hydroxylation is 2. The minimum Gasteiger partial charge on any atom is -0.507 e. The van der Waals surface area contributed by atoms with Crippen molar-refractivity contribution >= 4 is 11.9 Å². The fourth-order valence-electron chi connectivity index (χ4n) is 3.80. The van der Waals surface area contributed by atoms with Crippen LogP contribution in [0, 0.1) is 13.8 Å². The molecule has 0 radical (unpaired) electrons. The minimum absolute atomic E-state index is 0.113. The highest BCUT2D eigenvalue weighted by molar-refractivity contribution is 6.15. The zero-order valence-corrected chi connectivity index (χ0v) is 18.6. The van der Waals surface area contributed by atoms with Gasteiger partial charge in [-0.3, -0.25) is 9.69 Å². The van der Waals surface area contributed by atoms with Crippen molar-refractivity contribution in [2.75, 3.05) is 13.1 Å². The lowest BCUT2D eigenvalue weighted by atomic mass is 9.99. The molecular formula is C26H33NO3. The van der Waals surface area contributed by atoms with Crippen LogP contribution in [-0.4, -0.2) is 28.9 Å². The Morgan fingerprint density at radius 2 is 1.67 bits per heavy atom. The van der Waals surface area contributed by atoms with Crippen LogP contribution < -0.4 is 4.74 Å². The Morgan fingerprint density at radius 3 is 2.27 bits per heavy atom. The molecule has 4 nitrogen and oxygen atoms in total. The van der Waals surface area contributed by atoms with E-state index in [4.69, 9.17) is 4.74 Å². The van der Waals surface area contributed by atoms with Crippen LogP contribution in [0.25, 0.3) is 6.08 Å². The molecule has 160 valence electrons. The van der Waals surface area contributed by atoms with Gasteiger partial charge >= 0.3 is 0 Å². The van der Waals surface area contributed by atoms with Crippen molar-refractivity contribution < 1.29 is 14.6 Å². The summed E-state index contributed by atoms with van der Waals surface area (Å²) in [5, 5.41) is 10.7.